The van der Waals surface area contributed by atoms with Gasteiger partial charge in [0.2, 0.25) is 0 Å². The van der Waals surface area contributed by atoms with E-state index in [4.69, 9.17) is 0 Å². The maximum Gasteiger partial charge on any atom is 0.255 e. The Morgan fingerprint density at radius 3 is 2.47 bits per heavy atom. The van der Waals surface area contributed by atoms with Crippen molar-refractivity contribution in [1.82, 2.24) is 4.90 Å². The summed E-state index contributed by atoms with van der Waals surface area (Å²) in [6.07, 6.45) is 3.40. The molecule has 0 aliphatic rings. The van der Waals surface area contributed by atoms with Crippen LogP contribution in [0.3, 0.4) is 0 Å². The zero-order valence-electron chi connectivity index (χ0n) is 8.65. The van der Waals surface area contributed by atoms with Crippen molar-refractivity contribution in [3.63, 3.8) is 0 Å². The molecule has 1 aromatic carbocycles. The highest BCUT2D eigenvalue weighted by Crippen LogP contribution is 2.03. The van der Waals surface area contributed by atoms with Gasteiger partial charge in [-0.1, -0.05) is 30.4 Å². The van der Waals surface area contributed by atoms with Crippen molar-refractivity contribution in [3.05, 3.63) is 61.2 Å². The Balaban J connectivity index is 2.80. The molecule has 0 atom stereocenters. The van der Waals surface area contributed by atoms with Crippen LogP contribution in [0.4, 0.5) is 0 Å². The highest BCUT2D eigenvalue weighted by atomic mass is 16.2. The first kappa shape index (κ1) is 11.2. The molecular weight excluding hydrogens is 186 g/mol. The van der Waals surface area contributed by atoms with E-state index in [1.54, 1.807) is 29.2 Å². The van der Waals surface area contributed by atoms with Crippen LogP contribution in [0, 0.1) is 6.07 Å². The monoisotopic (exact) mass is 200 g/mol. The van der Waals surface area contributed by atoms with Gasteiger partial charge in [0, 0.05) is 18.7 Å². The second-order valence-electron chi connectivity index (χ2n) is 3.06. The molecule has 0 aliphatic heterocycles. The Morgan fingerprint density at radius 2 is 2.00 bits per heavy atom. The molecule has 2 nitrogen and oxygen atoms in total. The van der Waals surface area contributed by atoms with E-state index in [1.165, 1.54) is 0 Å². The number of carbonyl (C=O) groups excluding carboxylic acids is 1. The van der Waals surface area contributed by atoms with E-state index in [1.807, 2.05) is 12.1 Å². The lowest BCUT2D eigenvalue weighted by Crippen LogP contribution is -2.31. The number of nitrogens with zero attached hydrogens (tertiary/aromatic N) is 1. The van der Waals surface area contributed by atoms with Crippen LogP contribution >= 0.6 is 0 Å². The zero-order valence-corrected chi connectivity index (χ0v) is 8.65. The molecule has 0 saturated carbocycles. The van der Waals surface area contributed by atoms with E-state index >= 15 is 0 Å². The number of rotatable bonds is 5. The van der Waals surface area contributed by atoms with E-state index in [0.717, 1.165) is 0 Å². The normalized spacial score (nSPS) is 9.33. The molecule has 1 rings (SSSR count). The summed E-state index contributed by atoms with van der Waals surface area (Å²) >= 11 is 0. The van der Waals surface area contributed by atoms with Gasteiger partial charge in [-0.05, 0) is 12.1 Å². The van der Waals surface area contributed by atoms with Crippen LogP contribution in [0.15, 0.2) is 49.6 Å². The topological polar surface area (TPSA) is 20.3 Å². The fourth-order valence-corrected chi connectivity index (χ4v) is 1.25. The van der Waals surface area contributed by atoms with E-state index in [2.05, 4.69) is 19.2 Å². The maximum absolute atomic E-state index is 11.9. The van der Waals surface area contributed by atoms with Gasteiger partial charge in [-0.15, -0.1) is 13.2 Å². The van der Waals surface area contributed by atoms with Crippen LogP contribution < -0.4 is 0 Å². The summed E-state index contributed by atoms with van der Waals surface area (Å²) in [6.45, 7) is 8.28. The molecular formula is C13H14NO. The van der Waals surface area contributed by atoms with Gasteiger partial charge in [-0.2, -0.15) is 0 Å². The van der Waals surface area contributed by atoms with Gasteiger partial charge < -0.3 is 4.90 Å². The molecule has 0 bridgehead atoms. The molecule has 0 heterocycles. The largest absolute Gasteiger partial charge is 0.331 e. The fraction of sp³-hybridized carbons (Fsp3) is 0.154. The standard InChI is InChI=1S/C13H14NO/c1-3-10-14(11-4-2)13(15)12-8-6-5-7-9-12/h3-8H,1-2,10-11H2. The average Bonchev–Trinajstić information content (AvgIpc) is 2.29. The van der Waals surface area contributed by atoms with Crippen molar-refractivity contribution >= 4 is 5.91 Å². The van der Waals surface area contributed by atoms with Crippen molar-refractivity contribution < 1.29 is 4.79 Å². The van der Waals surface area contributed by atoms with Crippen molar-refractivity contribution in [2.45, 2.75) is 0 Å². The smallest absolute Gasteiger partial charge is 0.255 e. The molecule has 0 fully saturated rings. The Morgan fingerprint density at radius 1 is 1.33 bits per heavy atom. The first-order chi connectivity index (χ1) is 7.29. The number of hydrogen-bond donors (Lipinski definition) is 0. The molecule has 1 radical (unpaired) electrons. The lowest BCUT2D eigenvalue weighted by molar-refractivity contribution is 0.0790. The van der Waals surface area contributed by atoms with Crippen molar-refractivity contribution in [1.29, 1.82) is 0 Å². The van der Waals surface area contributed by atoms with Gasteiger partial charge in [0.1, 0.15) is 0 Å². The molecule has 1 amide bonds. The van der Waals surface area contributed by atoms with Crippen molar-refractivity contribution in [2.75, 3.05) is 13.1 Å². The molecule has 0 N–H and O–H groups in total. The van der Waals surface area contributed by atoms with Crippen molar-refractivity contribution in [2.24, 2.45) is 0 Å². The van der Waals surface area contributed by atoms with Gasteiger partial charge in [0.15, 0.2) is 0 Å². The number of carbonyl (C=O) groups is 1. The van der Waals surface area contributed by atoms with E-state index in [-0.39, 0.29) is 5.91 Å². The Hall–Kier alpha value is -1.83. The summed E-state index contributed by atoms with van der Waals surface area (Å²) in [6, 6.07) is 10.0. The summed E-state index contributed by atoms with van der Waals surface area (Å²) in [5, 5.41) is 0. The van der Waals surface area contributed by atoms with Crippen LogP contribution in [0.5, 0.6) is 0 Å². The number of amides is 1. The lowest BCUT2D eigenvalue weighted by Gasteiger charge is -2.18. The highest BCUT2D eigenvalue weighted by Gasteiger charge is 2.12. The minimum atomic E-state index is -0.0459. The predicted molar refractivity (Wildman–Crippen MR) is 61.6 cm³/mol. The molecule has 2 heteroatoms. The molecule has 77 valence electrons. The van der Waals surface area contributed by atoms with E-state index in [0.29, 0.717) is 18.7 Å². The second-order valence-corrected chi connectivity index (χ2v) is 3.06. The predicted octanol–water partition coefficient (Wildman–Crippen LogP) is 2.30. The van der Waals surface area contributed by atoms with Crippen LogP contribution in [0.1, 0.15) is 10.4 Å². The van der Waals surface area contributed by atoms with Gasteiger partial charge in [0.05, 0.1) is 0 Å². The van der Waals surface area contributed by atoms with Crippen molar-refractivity contribution in [3.8, 4) is 0 Å². The SMILES string of the molecule is C=CCN(CC=C)C(=O)c1[c]cccc1. The van der Waals surface area contributed by atoms with Crippen LogP contribution in [0.25, 0.3) is 0 Å². The van der Waals surface area contributed by atoms with E-state index < -0.39 is 0 Å². The lowest BCUT2D eigenvalue weighted by atomic mass is 10.2. The summed E-state index contributed by atoms with van der Waals surface area (Å²) in [5.41, 5.74) is 0.571. The molecule has 15 heavy (non-hydrogen) atoms. The minimum absolute atomic E-state index is 0.0459. The van der Waals surface area contributed by atoms with Gasteiger partial charge >= 0.3 is 0 Å². The van der Waals surface area contributed by atoms with Gasteiger partial charge in [-0.3, -0.25) is 4.79 Å². The molecule has 0 aromatic heterocycles. The highest BCUT2D eigenvalue weighted by molar-refractivity contribution is 5.94. The molecule has 1 aromatic rings. The third-order valence-electron chi connectivity index (χ3n) is 1.93. The first-order valence-electron chi connectivity index (χ1n) is 4.77. The van der Waals surface area contributed by atoms with Crippen LogP contribution in [-0.2, 0) is 0 Å². The Kier molecular flexibility index (Phi) is 4.35. The van der Waals surface area contributed by atoms with Crippen LogP contribution in [0.2, 0.25) is 0 Å². The molecule has 0 unspecified atom stereocenters. The summed E-state index contributed by atoms with van der Waals surface area (Å²) in [5.74, 6) is -0.0459. The average molecular weight is 200 g/mol. The first-order valence-corrected chi connectivity index (χ1v) is 4.77. The molecule has 0 aliphatic carbocycles. The third-order valence-corrected chi connectivity index (χ3v) is 1.93. The summed E-state index contributed by atoms with van der Waals surface area (Å²) < 4.78 is 0. The number of hydrogen-bond acceptors (Lipinski definition) is 1. The Labute approximate surface area is 90.5 Å². The van der Waals surface area contributed by atoms with E-state index in [9.17, 15) is 4.79 Å². The van der Waals surface area contributed by atoms with Gasteiger partial charge in [0.25, 0.3) is 5.91 Å². The quantitative estimate of drug-likeness (QED) is 0.668. The maximum atomic E-state index is 11.9. The third kappa shape index (κ3) is 3.09. The minimum Gasteiger partial charge on any atom is -0.331 e. The summed E-state index contributed by atoms with van der Waals surface area (Å²) in [4.78, 5) is 13.6. The molecule has 0 saturated heterocycles. The zero-order chi connectivity index (χ0) is 11.1. The fourth-order valence-electron chi connectivity index (χ4n) is 1.25. The van der Waals surface area contributed by atoms with Crippen LogP contribution in [-0.4, -0.2) is 23.9 Å². The Bertz CT molecular complexity index is 333. The molecule has 0 spiro atoms. The second kappa shape index (κ2) is 5.81. The number of benzene rings is 1. The van der Waals surface area contributed by atoms with Gasteiger partial charge in [-0.25, -0.2) is 0 Å². The summed E-state index contributed by atoms with van der Waals surface area (Å²) in [7, 11) is 0.